The minimum atomic E-state index is -0.0770. The zero-order valence-corrected chi connectivity index (χ0v) is 20.5. The van der Waals surface area contributed by atoms with Gasteiger partial charge < -0.3 is 14.5 Å². The molecule has 33 heavy (non-hydrogen) atoms. The van der Waals surface area contributed by atoms with E-state index in [1.807, 2.05) is 43.0 Å². The van der Waals surface area contributed by atoms with E-state index in [-0.39, 0.29) is 25.0 Å². The molecule has 1 aliphatic rings. The van der Waals surface area contributed by atoms with Gasteiger partial charge in [-0.25, -0.2) is 9.67 Å². The van der Waals surface area contributed by atoms with Gasteiger partial charge in [-0.1, -0.05) is 18.2 Å². The van der Waals surface area contributed by atoms with Gasteiger partial charge in [0, 0.05) is 51.6 Å². The van der Waals surface area contributed by atoms with Crippen molar-refractivity contribution in [2.45, 2.75) is 53.2 Å². The highest BCUT2D eigenvalue weighted by atomic mass is 16.5. The van der Waals surface area contributed by atoms with E-state index in [9.17, 15) is 9.59 Å². The van der Waals surface area contributed by atoms with Crippen LogP contribution in [0.4, 0.5) is 5.69 Å². The number of carbonyl (C=O) groups excluding carboxylic acids is 2. The summed E-state index contributed by atoms with van der Waals surface area (Å²) >= 11 is 0. The lowest BCUT2D eigenvalue weighted by molar-refractivity contribution is -0.133. The maximum absolute atomic E-state index is 13.4. The Kier molecular flexibility index (Phi) is 8.57. The molecule has 0 radical (unpaired) electrons. The summed E-state index contributed by atoms with van der Waals surface area (Å²) in [6.45, 7) is 11.4. The van der Waals surface area contributed by atoms with Crippen molar-refractivity contribution in [1.82, 2.24) is 24.6 Å². The van der Waals surface area contributed by atoms with Crippen LogP contribution in [-0.2, 0) is 27.4 Å². The van der Waals surface area contributed by atoms with E-state index in [2.05, 4.69) is 28.8 Å². The van der Waals surface area contributed by atoms with Crippen LogP contribution in [0.25, 0.3) is 0 Å². The average Bonchev–Trinajstić information content (AvgIpc) is 3.07. The number of aryl methyl sites for hydroxylation is 2. The first-order valence-electron chi connectivity index (χ1n) is 11.6. The lowest BCUT2D eigenvalue weighted by Gasteiger charge is -2.30. The molecule has 2 aromatic rings. The smallest absolute Gasteiger partial charge is 0.252 e. The van der Waals surface area contributed by atoms with Crippen molar-refractivity contribution >= 4 is 17.5 Å². The largest absolute Gasteiger partial charge is 0.375 e. The predicted molar refractivity (Wildman–Crippen MR) is 127 cm³/mol. The molecular formula is C24H36N6O3. The molecule has 0 fully saturated rings. The summed E-state index contributed by atoms with van der Waals surface area (Å²) in [6, 6.07) is 8.17. The van der Waals surface area contributed by atoms with E-state index in [0.717, 1.165) is 36.6 Å². The minimum absolute atomic E-state index is 0.0180. The Hall–Kier alpha value is -2.78. The highest BCUT2D eigenvalue weighted by molar-refractivity contribution is 5.95. The number of hydrogen-bond donors (Lipinski definition) is 0. The monoisotopic (exact) mass is 456 g/mol. The number of methoxy groups -OCH3 is 1. The topological polar surface area (TPSA) is 83.8 Å². The molecule has 0 atom stereocenters. The number of nitrogens with zero attached hydrogens (tertiary/aromatic N) is 6. The summed E-state index contributed by atoms with van der Waals surface area (Å²) < 4.78 is 6.80. The molecule has 2 amide bonds. The van der Waals surface area contributed by atoms with Crippen molar-refractivity contribution in [1.29, 1.82) is 0 Å². The zero-order chi connectivity index (χ0) is 24.0. The second kappa shape index (κ2) is 11.4. The first-order valence-corrected chi connectivity index (χ1v) is 11.6. The Labute approximate surface area is 196 Å². The molecule has 0 saturated carbocycles. The molecule has 0 unspecified atom stereocenters. The van der Waals surface area contributed by atoms with Crippen molar-refractivity contribution < 1.29 is 14.3 Å². The van der Waals surface area contributed by atoms with Crippen LogP contribution in [0.1, 0.15) is 37.5 Å². The summed E-state index contributed by atoms with van der Waals surface area (Å²) in [4.78, 5) is 36.7. The van der Waals surface area contributed by atoms with Crippen molar-refractivity contribution in [2.24, 2.45) is 0 Å². The highest BCUT2D eigenvalue weighted by Crippen LogP contribution is 2.24. The Morgan fingerprint density at radius 3 is 2.48 bits per heavy atom. The maximum Gasteiger partial charge on any atom is 0.252 e. The maximum atomic E-state index is 13.4. The van der Waals surface area contributed by atoms with Crippen molar-refractivity contribution in [3.05, 3.63) is 41.5 Å². The van der Waals surface area contributed by atoms with Gasteiger partial charge in [0.1, 0.15) is 24.8 Å². The van der Waals surface area contributed by atoms with Gasteiger partial charge in [-0.3, -0.25) is 14.5 Å². The molecule has 0 bridgehead atoms. The van der Waals surface area contributed by atoms with Gasteiger partial charge in [0.2, 0.25) is 5.91 Å². The molecule has 9 heteroatoms. The van der Waals surface area contributed by atoms with Crippen LogP contribution in [-0.4, -0.2) is 82.3 Å². The third-order valence-corrected chi connectivity index (χ3v) is 6.03. The fourth-order valence-electron chi connectivity index (χ4n) is 4.23. The number of ether oxygens (including phenoxy) is 1. The van der Waals surface area contributed by atoms with Gasteiger partial charge in [-0.2, -0.15) is 5.10 Å². The standard InChI is InChI=1S/C24H36N6O3/c1-18(2)27-11-8-12-29(24(32)17-33-5)22-10-7-6-9-21(22)15-28(14-13-27)23(31)16-30-20(4)25-19(3)26-30/h6-7,9-10,18H,8,11-17H2,1-5H3. The summed E-state index contributed by atoms with van der Waals surface area (Å²) in [7, 11) is 1.53. The summed E-state index contributed by atoms with van der Waals surface area (Å²) in [5, 5.41) is 4.36. The van der Waals surface area contributed by atoms with Gasteiger partial charge in [0.05, 0.1) is 0 Å². The van der Waals surface area contributed by atoms with Gasteiger partial charge >= 0.3 is 0 Å². The van der Waals surface area contributed by atoms with Crippen LogP contribution in [0.15, 0.2) is 24.3 Å². The molecule has 1 aromatic heterocycles. The second-order valence-electron chi connectivity index (χ2n) is 8.77. The number of para-hydroxylation sites is 1. The lowest BCUT2D eigenvalue weighted by Crippen LogP contribution is -2.42. The number of rotatable bonds is 5. The van der Waals surface area contributed by atoms with Crippen LogP contribution in [0.5, 0.6) is 0 Å². The van der Waals surface area contributed by atoms with Gasteiger partial charge in [0.25, 0.3) is 5.91 Å². The summed E-state index contributed by atoms with van der Waals surface area (Å²) in [6.07, 6.45) is 0.841. The number of amides is 2. The fourth-order valence-corrected chi connectivity index (χ4v) is 4.23. The first kappa shape index (κ1) is 24.9. The SMILES string of the molecule is COCC(=O)N1CCCN(C(C)C)CCN(C(=O)Cn2nc(C)nc2C)Cc2ccccc21. The van der Waals surface area contributed by atoms with E-state index >= 15 is 0 Å². The van der Waals surface area contributed by atoms with E-state index in [0.29, 0.717) is 31.5 Å². The molecule has 0 N–H and O–H groups in total. The molecule has 0 saturated heterocycles. The average molecular weight is 457 g/mol. The van der Waals surface area contributed by atoms with Crippen molar-refractivity contribution in [3.63, 3.8) is 0 Å². The van der Waals surface area contributed by atoms with Gasteiger partial charge in [-0.05, 0) is 45.7 Å². The molecule has 1 aliphatic heterocycles. The zero-order valence-electron chi connectivity index (χ0n) is 20.5. The van der Waals surface area contributed by atoms with Gasteiger partial charge in [-0.15, -0.1) is 0 Å². The number of anilines is 1. The quantitative estimate of drug-likeness (QED) is 0.685. The molecule has 0 aliphatic carbocycles. The predicted octanol–water partition coefficient (Wildman–Crippen LogP) is 2.02. The number of aromatic nitrogens is 3. The van der Waals surface area contributed by atoms with Crippen LogP contribution in [0.3, 0.4) is 0 Å². The van der Waals surface area contributed by atoms with E-state index in [4.69, 9.17) is 4.74 Å². The van der Waals surface area contributed by atoms with E-state index in [1.54, 1.807) is 9.58 Å². The highest BCUT2D eigenvalue weighted by Gasteiger charge is 2.24. The molecule has 0 spiro atoms. The lowest BCUT2D eigenvalue weighted by atomic mass is 10.1. The summed E-state index contributed by atoms with van der Waals surface area (Å²) in [5.74, 6) is 1.28. The van der Waals surface area contributed by atoms with Crippen molar-refractivity contribution in [3.8, 4) is 0 Å². The third-order valence-electron chi connectivity index (χ3n) is 6.03. The summed E-state index contributed by atoms with van der Waals surface area (Å²) in [5.41, 5.74) is 1.78. The second-order valence-corrected chi connectivity index (χ2v) is 8.77. The first-order chi connectivity index (χ1) is 15.8. The Balaban J connectivity index is 1.93. The molecule has 3 rings (SSSR count). The van der Waals surface area contributed by atoms with Crippen LogP contribution < -0.4 is 4.90 Å². The number of hydrogen-bond acceptors (Lipinski definition) is 6. The Morgan fingerprint density at radius 1 is 1.06 bits per heavy atom. The molecule has 180 valence electrons. The van der Waals surface area contributed by atoms with Gasteiger partial charge in [0.15, 0.2) is 0 Å². The third kappa shape index (κ3) is 6.39. The molecule has 9 nitrogen and oxygen atoms in total. The molecular weight excluding hydrogens is 420 g/mol. The fraction of sp³-hybridized carbons (Fsp3) is 0.583. The van der Waals surface area contributed by atoms with E-state index < -0.39 is 0 Å². The number of benzene rings is 1. The minimum Gasteiger partial charge on any atom is -0.375 e. The molecule has 2 heterocycles. The Morgan fingerprint density at radius 2 is 1.82 bits per heavy atom. The Bertz CT molecular complexity index is 957. The number of carbonyl (C=O) groups is 2. The van der Waals surface area contributed by atoms with E-state index in [1.165, 1.54) is 7.11 Å². The van der Waals surface area contributed by atoms with Crippen LogP contribution in [0, 0.1) is 13.8 Å². The normalized spacial score (nSPS) is 15.9. The van der Waals surface area contributed by atoms with Crippen LogP contribution in [0.2, 0.25) is 0 Å². The number of fused-ring (bicyclic) bond motifs is 1. The van der Waals surface area contributed by atoms with Crippen LogP contribution >= 0.6 is 0 Å². The van der Waals surface area contributed by atoms with Crippen molar-refractivity contribution in [2.75, 3.05) is 44.8 Å². The molecule has 1 aromatic carbocycles.